The van der Waals surface area contributed by atoms with Crippen LogP contribution in [-0.2, 0) is 11.3 Å². The van der Waals surface area contributed by atoms with Crippen molar-refractivity contribution in [1.29, 1.82) is 0 Å². The van der Waals surface area contributed by atoms with Gasteiger partial charge in [0.2, 0.25) is 0 Å². The van der Waals surface area contributed by atoms with E-state index in [4.69, 9.17) is 16.3 Å². The number of benzene rings is 2. The van der Waals surface area contributed by atoms with Crippen molar-refractivity contribution >= 4 is 22.5 Å². The Balaban J connectivity index is 1.52. The Kier molecular flexibility index (Phi) is 7.51. The smallest absolute Gasteiger partial charge is 0.253 e. The highest BCUT2D eigenvalue weighted by atomic mass is 35.5. The van der Waals surface area contributed by atoms with E-state index in [9.17, 15) is 4.79 Å². The molecule has 8 nitrogen and oxygen atoms in total. The molecule has 0 unspecified atom stereocenters. The van der Waals surface area contributed by atoms with E-state index in [2.05, 4.69) is 44.5 Å². The third-order valence-electron chi connectivity index (χ3n) is 8.18. The number of aryl methyl sites for hydroxylation is 2. The molecule has 204 valence electrons. The molecule has 1 aliphatic carbocycles. The summed E-state index contributed by atoms with van der Waals surface area (Å²) in [6, 6.07) is 14.0. The molecular weight excluding hydrogens is 512 g/mol. The molecule has 39 heavy (non-hydrogen) atoms. The number of tetrazole rings is 1. The molecule has 0 amide bonds. The molecule has 6 rings (SSSR count). The SMILES string of the molecule is Cc1cc(C)c2[nH]c(=O)c([C@H](c3nnnn3C3CCCC3)N(Cc3ccc(Cl)cc3)C[C@H]3CCCO3)cc2c1. The van der Waals surface area contributed by atoms with E-state index in [0.717, 1.165) is 72.7 Å². The average molecular weight is 547 g/mol. The Hall–Kier alpha value is -3.07. The average Bonchev–Trinajstić information content (AvgIpc) is 3.70. The van der Waals surface area contributed by atoms with Gasteiger partial charge in [0.1, 0.15) is 6.04 Å². The number of aromatic nitrogens is 5. The number of halogens is 1. The van der Waals surface area contributed by atoms with Crippen LogP contribution in [0.3, 0.4) is 0 Å². The van der Waals surface area contributed by atoms with Crippen LogP contribution in [0.4, 0.5) is 0 Å². The standard InChI is InChI=1S/C30H35ClN6O2/c1-19-14-20(2)27-22(15-19)16-26(30(38)32-27)28(29-33-34-35-37(29)24-6-3-4-7-24)36(18-25-8-5-13-39-25)17-21-9-11-23(31)12-10-21/h9-12,14-16,24-25,28H,3-8,13,17-18H2,1-2H3,(H,32,38)/t25-,28-/m1/s1. The number of pyridine rings is 1. The van der Waals surface area contributed by atoms with Crippen molar-refractivity contribution in [3.8, 4) is 0 Å². The maximum absolute atomic E-state index is 13.9. The van der Waals surface area contributed by atoms with Gasteiger partial charge in [-0.15, -0.1) is 5.10 Å². The van der Waals surface area contributed by atoms with Crippen molar-refractivity contribution in [2.75, 3.05) is 13.2 Å². The highest BCUT2D eigenvalue weighted by Gasteiger charge is 2.35. The summed E-state index contributed by atoms with van der Waals surface area (Å²) in [6.07, 6.45) is 6.52. The number of ether oxygens (including phenoxy) is 1. The third kappa shape index (κ3) is 5.51. The second-order valence-corrected chi connectivity index (χ2v) is 11.5. The summed E-state index contributed by atoms with van der Waals surface area (Å²) in [5.74, 6) is 0.711. The molecule has 3 heterocycles. The zero-order valence-corrected chi connectivity index (χ0v) is 23.3. The van der Waals surface area contributed by atoms with E-state index < -0.39 is 6.04 Å². The molecule has 1 N–H and O–H groups in total. The van der Waals surface area contributed by atoms with Crippen LogP contribution in [0.5, 0.6) is 0 Å². The number of nitrogens with one attached hydrogen (secondary N) is 1. The van der Waals surface area contributed by atoms with Gasteiger partial charge < -0.3 is 9.72 Å². The topological polar surface area (TPSA) is 88.9 Å². The van der Waals surface area contributed by atoms with Gasteiger partial charge in [0, 0.05) is 30.3 Å². The van der Waals surface area contributed by atoms with Gasteiger partial charge in [0.05, 0.1) is 17.7 Å². The first-order valence-electron chi connectivity index (χ1n) is 14.0. The predicted octanol–water partition coefficient (Wildman–Crippen LogP) is 5.67. The summed E-state index contributed by atoms with van der Waals surface area (Å²) >= 11 is 6.21. The minimum Gasteiger partial charge on any atom is -0.377 e. The van der Waals surface area contributed by atoms with Gasteiger partial charge in [-0.1, -0.05) is 48.2 Å². The first kappa shape index (κ1) is 26.2. The summed E-state index contributed by atoms with van der Waals surface area (Å²) in [6.45, 7) is 6.14. The first-order valence-corrected chi connectivity index (χ1v) is 14.4. The first-order chi connectivity index (χ1) is 19.0. The largest absolute Gasteiger partial charge is 0.377 e. The van der Waals surface area contributed by atoms with E-state index in [-0.39, 0.29) is 17.7 Å². The Morgan fingerprint density at radius 3 is 2.64 bits per heavy atom. The number of H-pyrrole nitrogens is 1. The van der Waals surface area contributed by atoms with Crippen LogP contribution in [0.1, 0.15) is 78.7 Å². The molecule has 4 aromatic rings. The number of hydrogen-bond acceptors (Lipinski definition) is 6. The van der Waals surface area contributed by atoms with Crippen molar-refractivity contribution in [3.63, 3.8) is 0 Å². The lowest BCUT2D eigenvalue weighted by Gasteiger charge is -2.33. The summed E-state index contributed by atoms with van der Waals surface area (Å²) in [7, 11) is 0. The zero-order valence-electron chi connectivity index (χ0n) is 22.6. The number of rotatable bonds is 8. The molecule has 0 spiro atoms. The van der Waals surface area contributed by atoms with E-state index in [0.29, 0.717) is 29.5 Å². The maximum atomic E-state index is 13.9. The molecule has 9 heteroatoms. The molecule has 2 atom stereocenters. The van der Waals surface area contributed by atoms with Crippen molar-refractivity contribution in [3.05, 3.63) is 85.9 Å². The second kappa shape index (κ2) is 11.2. The molecule has 1 saturated heterocycles. The van der Waals surface area contributed by atoms with Gasteiger partial charge in [0.15, 0.2) is 5.82 Å². The van der Waals surface area contributed by atoms with Gasteiger partial charge in [-0.3, -0.25) is 9.69 Å². The Morgan fingerprint density at radius 2 is 1.90 bits per heavy atom. The fraction of sp³-hybridized carbons (Fsp3) is 0.467. The number of fused-ring (bicyclic) bond motifs is 1. The number of nitrogens with zero attached hydrogens (tertiary/aromatic N) is 5. The summed E-state index contributed by atoms with van der Waals surface area (Å²) in [5, 5.41) is 14.9. The second-order valence-electron chi connectivity index (χ2n) is 11.1. The van der Waals surface area contributed by atoms with Crippen molar-refractivity contribution in [2.45, 2.75) is 77.1 Å². The molecule has 2 aromatic carbocycles. The van der Waals surface area contributed by atoms with E-state index in [1.807, 2.05) is 41.9 Å². The lowest BCUT2D eigenvalue weighted by atomic mass is 9.99. The third-order valence-corrected chi connectivity index (χ3v) is 8.43. The van der Waals surface area contributed by atoms with Crippen LogP contribution in [-0.4, -0.2) is 49.3 Å². The van der Waals surface area contributed by atoms with E-state index in [1.165, 1.54) is 0 Å². The molecule has 1 saturated carbocycles. The zero-order chi connectivity index (χ0) is 26.9. The van der Waals surface area contributed by atoms with Gasteiger partial charge in [0.25, 0.3) is 5.56 Å². The Morgan fingerprint density at radius 1 is 1.10 bits per heavy atom. The molecule has 0 bridgehead atoms. The minimum atomic E-state index is -0.450. The monoisotopic (exact) mass is 546 g/mol. The van der Waals surface area contributed by atoms with Crippen molar-refractivity contribution in [1.82, 2.24) is 30.1 Å². The minimum absolute atomic E-state index is 0.0830. The van der Waals surface area contributed by atoms with E-state index >= 15 is 0 Å². The number of hydrogen-bond donors (Lipinski definition) is 1. The highest BCUT2D eigenvalue weighted by molar-refractivity contribution is 6.30. The lowest BCUT2D eigenvalue weighted by molar-refractivity contribution is 0.0569. The van der Waals surface area contributed by atoms with E-state index in [1.54, 1.807) is 0 Å². The van der Waals surface area contributed by atoms with Crippen LogP contribution < -0.4 is 5.56 Å². The fourth-order valence-corrected chi connectivity index (χ4v) is 6.46. The molecule has 2 fully saturated rings. The molecule has 2 aromatic heterocycles. The van der Waals surface area contributed by atoms with Gasteiger partial charge in [-0.05, 0) is 90.7 Å². The van der Waals surface area contributed by atoms with Crippen LogP contribution in [0.25, 0.3) is 10.9 Å². The van der Waals surface area contributed by atoms with Gasteiger partial charge in [-0.2, -0.15) is 0 Å². The maximum Gasteiger partial charge on any atom is 0.253 e. The van der Waals surface area contributed by atoms with Crippen LogP contribution in [0.2, 0.25) is 5.02 Å². The highest BCUT2D eigenvalue weighted by Crippen LogP contribution is 2.35. The van der Waals surface area contributed by atoms with Crippen LogP contribution >= 0.6 is 11.6 Å². The number of aromatic amines is 1. The molecular formula is C30H35ClN6O2. The summed E-state index contributed by atoms with van der Waals surface area (Å²) < 4.78 is 8.08. The molecule has 2 aliphatic rings. The Labute approximate surface area is 233 Å². The van der Waals surface area contributed by atoms with Crippen molar-refractivity contribution in [2.24, 2.45) is 0 Å². The predicted molar refractivity (Wildman–Crippen MR) is 152 cm³/mol. The summed E-state index contributed by atoms with van der Waals surface area (Å²) in [5.41, 5.74) is 4.71. The van der Waals surface area contributed by atoms with Crippen molar-refractivity contribution < 1.29 is 4.74 Å². The summed E-state index contributed by atoms with van der Waals surface area (Å²) in [4.78, 5) is 19.4. The van der Waals surface area contributed by atoms with Gasteiger partial charge in [-0.25, -0.2) is 4.68 Å². The molecule has 1 aliphatic heterocycles. The molecule has 0 radical (unpaired) electrons. The Bertz CT molecular complexity index is 1500. The normalized spacial score (nSPS) is 18.9. The lowest BCUT2D eigenvalue weighted by Crippen LogP contribution is -2.39. The van der Waals surface area contributed by atoms with Crippen LogP contribution in [0.15, 0.2) is 47.3 Å². The fourth-order valence-electron chi connectivity index (χ4n) is 6.33. The quantitative estimate of drug-likeness (QED) is 0.306. The van der Waals surface area contributed by atoms with Crippen LogP contribution in [0, 0.1) is 13.8 Å². The van der Waals surface area contributed by atoms with Gasteiger partial charge >= 0.3 is 0 Å².